The van der Waals surface area contributed by atoms with Gasteiger partial charge in [-0.3, -0.25) is 9.36 Å². The molecular formula is C14H16ClFN6O4. The molecule has 1 aliphatic heterocycles. The highest BCUT2D eigenvalue weighted by Crippen LogP contribution is 2.39. The molecular weight excluding hydrogens is 371 g/mol. The molecule has 140 valence electrons. The van der Waals surface area contributed by atoms with Gasteiger partial charge in [0.15, 0.2) is 23.2 Å². The van der Waals surface area contributed by atoms with Crippen molar-refractivity contribution in [1.29, 1.82) is 0 Å². The molecule has 0 saturated carbocycles. The smallest absolute Gasteiger partial charge is 0.285 e. The summed E-state index contributed by atoms with van der Waals surface area (Å²) in [6, 6.07) is 0. The number of nitrogens with two attached hydrogens (primary N) is 3. The van der Waals surface area contributed by atoms with Crippen LogP contribution in [0.4, 0.5) is 10.3 Å². The number of fused-ring (bicyclic) bond motifs is 1. The first-order valence-electron chi connectivity index (χ1n) is 7.40. The predicted molar refractivity (Wildman–Crippen MR) is 90.7 cm³/mol. The van der Waals surface area contributed by atoms with Crippen molar-refractivity contribution < 1.29 is 19.3 Å². The molecule has 1 unspecified atom stereocenters. The first kappa shape index (κ1) is 18.4. The Morgan fingerprint density at radius 3 is 2.81 bits per heavy atom. The molecule has 0 aromatic carbocycles. The number of rotatable bonds is 2. The van der Waals surface area contributed by atoms with Crippen molar-refractivity contribution >= 4 is 28.6 Å². The molecule has 2 aromatic heterocycles. The summed E-state index contributed by atoms with van der Waals surface area (Å²) < 4.78 is 21.6. The van der Waals surface area contributed by atoms with Gasteiger partial charge in [0.25, 0.3) is 5.56 Å². The summed E-state index contributed by atoms with van der Waals surface area (Å²) in [5.41, 5.74) is 8.80. The van der Waals surface area contributed by atoms with Crippen LogP contribution in [-0.4, -0.2) is 48.3 Å². The second kappa shape index (κ2) is 6.11. The summed E-state index contributed by atoms with van der Waals surface area (Å²) >= 11 is 5.45. The Morgan fingerprint density at radius 2 is 2.23 bits per heavy atom. The normalized spacial score (nSPS) is 29.5. The summed E-state index contributed by atoms with van der Waals surface area (Å²) in [5, 5.41) is 21.9. The van der Waals surface area contributed by atoms with Crippen molar-refractivity contribution in [1.82, 2.24) is 14.2 Å². The molecule has 12 heteroatoms. The summed E-state index contributed by atoms with van der Waals surface area (Å²) in [4.78, 5) is 16.1. The second-order valence-corrected chi connectivity index (χ2v) is 6.21. The van der Waals surface area contributed by atoms with E-state index in [-0.39, 0.29) is 11.6 Å². The lowest BCUT2D eigenvalue weighted by molar-refractivity contribution is -0.0756. The van der Waals surface area contributed by atoms with Crippen molar-refractivity contribution in [3.63, 3.8) is 0 Å². The average molecular weight is 387 g/mol. The molecule has 2 aromatic rings. The van der Waals surface area contributed by atoms with Crippen molar-refractivity contribution in [2.45, 2.75) is 37.0 Å². The molecule has 3 heterocycles. The van der Waals surface area contributed by atoms with Crippen molar-refractivity contribution in [3.05, 3.63) is 22.4 Å². The summed E-state index contributed by atoms with van der Waals surface area (Å²) in [7, 11) is 0. The van der Waals surface area contributed by atoms with E-state index in [2.05, 4.69) is 16.3 Å². The fourth-order valence-corrected chi connectivity index (χ4v) is 3.17. The zero-order valence-electron chi connectivity index (χ0n) is 13.4. The maximum absolute atomic E-state index is 14.4. The third kappa shape index (κ3) is 2.43. The van der Waals surface area contributed by atoms with Gasteiger partial charge in [0, 0.05) is 11.6 Å². The minimum absolute atomic E-state index is 0.207. The maximum atomic E-state index is 14.4. The number of nitrogen functional groups attached to an aromatic ring is 2. The predicted octanol–water partition coefficient (Wildman–Crippen LogP) is -1.83. The van der Waals surface area contributed by atoms with Crippen LogP contribution in [-0.2, 0) is 4.74 Å². The maximum Gasteiger partial charge on any atom is 0.285 e. The number of ether oxygens (including phenoxy) is 1. The Morgan fingerprint density at radius 1 is 1.58 bits per heavy atom. The molecule has 3 rings (SSSR count). The van der Waals surface area contributed by atoms with E-state index < -0.39 is 46.8 Å². The van der Waals surface area contributed by atoms with E-state index in [9.17, 15) is 19.4 Å². The molecule has 0 bridgehead atoms. The van der Waals surface area contributed by atoms with Crippen molar-refractivity contribution in [2.75, 3.05) is 11.6 Å². The van der Waals surface area contributed by atoms with Gasteiger partial charge in [0.1, 0.15) is 17.6 Å². The number of aliphatic hydroxyl groups excluding tert-OH is 2. The van der Waals surface area contributed by atoms with Gasteiger partial charge >= 0.3 is 0 Å². The average Bonchev–Trinajstić information content (AvgIpc) is 3.01. The Balaban J connectivity index is 2.28. The summed E-state index contributed by atoms with van der Waals surface area (Å²) in [6.07, 6.45) is -4.16. The van der Waals surface area contributed by atoms with Gasteiger partial charge in [-0.1, -0.05) is 5.92 Å². The van der Waals surface area contributed by atoms with E-state index in [1.807, 2.05) is 0 Å². The highest BCUT2D eigenvalue weighted by molar-refractivity contribution is 6.30. The number of nitrogens with zero attached hydrogens (tertiary/aromatic N) is 3. The van der Waals surface area contributed by atoms with Gasteiger partial charge < -0.3 is 32.3 Å². The number of aromatic nitrogens is 3. The molecule has 10 nitrogen and oxygen atoms in total. The number of hydrogen-bond acceptors (Lipinski definition) is 8. The molecule has 8 N–H and O–H groups in total. The van der Waals surface area contributed by atoms with Crippen LogP contribution in [0.15, 0.2) is 11.0 Å². The topological polar surface area (TPSA) is 168 Å². The molecule has 1 aliphatic rings. The summed E-state index contributed by atoms with van der Waals surface area (Å²) in [5.74, 6) is 6.53. The van der Waals surface area contributed by atoms with E-state index in [1.54, 1.807) is 0 Å². The van der Waals surface area contributed by atoms with Gasteiger partial charge in [0.2, 0.25) is 5.95 Å². The number of hydrogen-bond donors (Lipinski definition) is 5. The van der Waals surface area contributed by atoms with Gasteiger partial charge in [0.05, 0.1) is 6.10 Å². The first-order chi connectivity index (χ1) is 12.1. The number of aliphatic hydroxyl groups is 2. The van der Waals surface area contributed by atoms with Crippen LogP contribution in [0.25, 0.3) is 11.0 Å². The van der Waals surface area contributed by atoms with Crippen LogP contribution in [0.3, 0.4) is 0 Å². The number of anilines is 1. The molecule has 0 aliphatic carbocycles. The highest BCUT2D eigenvalue weighted by Gasteiger charge is 2.56. The zero-order valence-corrected chi connectivity index (χ0v) is 14.2. The minimum Gasteiger partial charge on any atom is -0.391 e. The monoisotopic (exact) mass is 386 g/mol. The van der Waals surface area contributed by atoms with Crippen LogP contribution < -0.4 is 22.9 Å². The van der Waals surface area contributed by atoms with Crippen LogP contribution in [0.5, 0.6) is 0 Å². The Kier molecular flexibility index (Phi) is 4.33. The highest BCUT2D eigenvalue weighted by atomic mass is 35.5. The van der Waals surface area contributed by atoms with Gasteiger partial charge in [-0.05, 0) is 18.5 Å². The van der Waals surface area contributed by atoms with Gasteiger partial charge in [-0.25, -0.2) is 4.39 Å². The van der Waals surface area contributed by atoms with Gasteiger partial charge in [-0.15, -0.1) is 0 Å². The molecule has 1 fully saturated rings. The van der Waals surface area contributed by atoms with Crippen LogP contribution in [0.2, 0.25) is 0 Å². The second-order valence-electron chi connectivity index (χ2n) is 6.02. The first-order valence-corrected chi connectivity index (χ1v) is 7.78. The van der Waals surface area contributed by atoms with E-state index >= 15 is 0 Å². The lowest BCUT2D eigenvalue weighted by Gasteiger charge is -2.28. The van der Waals surface area contributed by atoms with Crippen LogP contribution in [0.1, 0.15) is 13.2 Å². The fourth-order valence-electron chi connectivity index (χ4n) is 3.01. The Hall–Kier alpha value is -2.36. The van der Waals surface area contributed by atoms with Crippen molar-refractivity contribution in [3.8, 4) is 11.3 Å². The van der Waals surface area contributed by atoms with E-state index in [1.165, 1.54) is 6.92 Å². The Labute approximate surface area is 150 Å². The lowest BCUT2D eigenvalue weighted by Crippen LogP contribution is -2.54. The minimum atomic E-state index is -1.82. The van der Waals surface area contributed by atoms with Crippen LogP contribution >= 0.6 is 11.6 Å². The standard InChI is InChI=1S/C14H16ClFN6O4/c1-5(23)8-9(24)14(18,2-3-15)12(26-8)21-4-6(16)7-10(21)20-13(17)22(19)11(7)25/h4-5,8-9,12,23-24H,18-19H2,1H3,(H2,17,20)/t5-,8+,9?,12+,14+/m0/s1. The van der Waals surface area contributed by atoms with E-state index in [0.717, 1.165) is 10.8 Å². The molecule has 1 saturated heterocycles. The summed E-state index contributed by atoms with van der Waals surface area (Å²) in [6.45, 7) is 1.38. The molecule has 26 heavy (non-hydrogen) atoms. The SMILES string of the molecule is C[C@H](O)[C@H]1O[C@@H](n2cc(F)c3c(=O)n(N)c(N)nc32)[C@@](N)(C#CCl)C1O. The van der Waals surface area contributed by atoms with Crippen LogP contribution in [0, 0.1) is 17.1 Å². The van der Waals surface area contributed by atoms with E-state index in [4.69, 9.17) is 33.6 Å². The zero-order chi connectivity index (χ0) is 19.4. The van der Waals surface area contributed by atoms with E-state index in [0.29, 0.717) is 4.68 Å². The third-order valence-corrected chi connectivity index (χ3v) is 4.44. The lowest BCUT2D eigenvalue weighted by atomic mass is 9.90. The molecule has 0 spiro atoms. The third-order valence-electron chi connectivity index (χ3n) is 4.35. The quantitative estimate of drug-likeness (QED) is 0.296. The van der Waals surface area contributed by atoms with Gasteiger partial charge in [-0.2, -0.15) is 9.66 Å². The Bertz CT molecular complexity index is 995. The molecule has 0 radical (unpaired) electrons. The largest absolute Gasteiger partial charge is 0.391 e. The molecule has 0 amide bonds. The van der Waals surface area contributed by atoms with Crippen molar-refractivity contribution in [2.24, 2.45) is 5.73 Å². The molecule has 5 atom stereocenters. The fraction of sp³-hybridized carbons (Fsp3) is 0.429. The number of halogens is 2.